The van der Waals surface area contributed by atoms with Crippen molar-refractivity contribution in [3.05, 3.63) is 35.1 Å². The van der Waals surface area contributed by atoms with Gasteiger partial charge in [0.25, 0.3) is 0 Å². The average Bonchev–Trinajstić information content (AvgIpc) is 2.17. The van der Waals surface area contributed by atoms with Gasteiger partial charge in [0, 0.05) is 13.0 Å². The molecule has 0 aliphatic heterocycles. The van der Waals surface area contributed by atoms with Gasteiger partial charge in [-0.3, -0.25) is 0 Å². The smallest absolute Gasteiger partial charge is 0.123 e. The van der Waals surface area contributed by atoms with Gasteiger partial charge in [0.2, 0.25) is 0 Å². The predicted octanol–water partition coefficient (Wildman–Crippen LogP) is 1.00. The van der Waals surface area contributed by atoms with Crippen molar-refractivity contribution in [3.63, 3.8) is 0 Å². The number of aryl methyl sites for hydroxylation is 1. The van der Waals surface area contributed by atoms with Gasteiger partial charge in [-0.2, -0.15) is 0 Å². The van der Waals surface area contributed by atoms with Crippen LogP contribution in [0.2, 0.25) is 0 Å². The van der Waals surface area contributed by atoms with Gasteiger partial charge in [0.15, 0.2) is 0 Å². The standard InChI is InChI=1S/C11H14FNO/c12-10-2-1-8-3-4-11(14,7-13)6-9(8)5-10/h1-2,5,14H,3-4,6-7,13H2. The summed E-state index contributed by atoms with van der Waals surface area (Å²) in [5, 5.41) is 9.97. The minimum Gasteiger partial charge on any atom is -0.388 e. The van der Waals surface area contributed by atoms with Crippen LogP contribution in [0.4, 0.5) is 4.39 Å². The van der Waals surface area contributed by atoms with Crippen molar-refractivity contribution in [2.45, 2.75) is 24.9 Å². The van der Waals surface area contributed by atoms with Gasteiger partial charge < -0.3 is 10.8 Å². The fraction of sp³-hybridized carbons (Fsp3) is 0.455. The first-order valence-corrected chi connectivity index (χ1v) is 4.83. The van der Waals surface area contributed by atoms with Crippen LogP contribution < -0.4 is 5.73 Å². The van der Waals surface area contributed by atoms with Crippen LogP contribution in [0.1, 0.15) is 17.5 Å². The molecule has 1 aliphatic rings. The fourth-order valence-electron chi connectivity index (χ4n) is 1.99. The Labute approximate surface area is 82.5 Å². The Hall–Kier alpha value is -0.930. The number of rotatable bonds is 1. The van der Waals surface area contributed by atoms with Crippen molar-refractivity contribution >= 4 is 0 Å². The largest absolute Gasteiger partial charge is 0.388 e. The van der Waals surface area contributed by atoms with Gasteiger partial charge in [-0.25, -0.2) is 4.39 Å². The topological polar surface area (TPSA) is 46.2 Å². The highest BCUT2D eigenvalue weighted by atomic mass is 19.1. The maximum absolute atomic E-state index is 12.9. The van der Waals surface area contributed by atoms with Crippen molar-refractivity contribution in [2.24, 2.45) is 5.73 Å². The van der Waals surface area contributed by atoms with Gasteiger partial charge in [0.1, 0.15) is 5.82 Å². The lowest BCUT2D eigenvalue weighted by Gasteiger charge is -2.32. The first-order valence-electron chi connectivity index (χ1n) is 4.83. The molecule has 0 saturated carbocycles. The molecule has 14 heavy (non-hydrogen) atoms. The maximum Gasteiger partial charge on any atom is 0.123 e. The molecule has 1 atom stereocenters. The summed E-state index contributed by atoms with van der Waals surface area (Å²) in [7, 11) is 0. The Morgan fingerprint density at radius 2 is 2.21 bits per heavy atom. The molecule has 3 N–H and O–H groups in total. The summed E-state index contributed by atoms with van der Waals surface area (Å²) in [4.78, 5) is 0. The Kier molecular flexibility index (Phi) is 2.29. The van der Waals surface area contributed by atoms with E-state index in [2.05, 4.69) is 0 Å². The van der Waals surface area contributed by atoms with Gasteiger partial charge in [-0.1, -0.05) is 6.07 Å². The van der Waals surface area contributed by atoms with Crippen LogP contribution in [-0.2, 0) is 12.8 Å². The van der Waals surface area contributed by atoms with Crippen LogP contribution >= 0.6 is 0 Å². The lowest BCUT2D eigenvalue weighted by atomic mass is 9.80. The van der Waals surface area contributed by atoms with Crippen LogP contribution in [-0.4, -0.2) is 17.3 Å². The second-order valence-corrected chi connectivity index (χ2v) is 4.02. The van der Waals surface area contributed by atoms with E-state index in [4.69, 9.17) is 5.73 Å². The first kappa shape index (κ1) is 9.62. The van der Waals surface area contributed by atoms with E-state index in [1.165, 1.54) is 12.1 Å². The van der Waals surface area contributed by atoms with Crippen molar-refractivity contribution < 1.29 is 9.50 Å². The van der Waals surface area contributed by atoms with E-state index < -0.39 is 5.60 Å². The van der Waals surface area contributed by atoms with Crippen molar-refractivity contribution in [3.8, 4) is 0 Å². The van der Waals surface area contributed by atoms with Crippen LogP contribution in [0.15, 0.2) is 18.2 Å². The highest BCUT2D eigenvalue weighted by molar-refractivity contribution is 5.32. The Balaban J connectivity index is 2.33. The molecule has 1 unspecified atom stereocenters. The minimum absolute atomic E-state index is 0.239. The van der Waals surface area contributed by atoms with E-state index in [-0.39, 0.29) is 12.4 Å². The summed E-state index contributed by atoms with van der Waals surface area (Å²) in [6.45, 7) is 0.239. The second kappa shape index (κ2) is 3.33. The summed E-state index contributed by atoms with van der Waals surface area (Å²) < 4.78 is 12.9. The molecule has 0 amide bonds. The van der Waals surface area contributed by atoms with E-state index in [0.29, 0.717) is 12.8 Å². The Morgan fingerprint density at radius 1 is 1.43 bits per heavy atom. The predicted molar refractivity (Wildman–Crippen MR) is 52.4 cm³/mol. The molecule has 0 spiro atoms. The summed E-state index contributed by atoms with van der Waals surface area (Å²) in [5.74, 6) is -0.245. The number of fused-ring (bicyclic) bond motifs is 1. The third-order valence-electron chi connectivity index (χ3n) is 2.93. The number of halogens is 1. The van der Waals surface area contributed by atoms with E-state index in [0.717, 1.165) is 17.5 Å². The van der Waals surface area contributed by atoms with E-state index in [1.54, 1.807) is 6.07 Å². The first-order chi connectivity index (χ1) is 6.63. The lowest BCUT2D eigenvalue weighted by Crippen LogP contribution is -2.42. The molecule has 0 fully saturated rings. The molecule has 76 valence electrons. The maximum atomic E-state index is 12.9. The van der Waals surface area contributed by atoms with Crippen LogP contribution in [0.3, 0.4) is 0 Å². The third-order valence-corrected chi connectivity index (χ3v) is 2.93. The average molecular weight is 195 g/mol. The summed E-state index contributed by atoms with van der Waals surface area (Å²) >= 11 is 0. The summed E-state index contributed by atoms with van der Waals surface area (Å²) in [5.41, 5.74) is 6.68. The molecular formula is C11H14FNO. The zero-order valence-corrected chi connectivity index (χ0v) is 7.96. The number of nitrogens with two attached hydrogens (primary N) is 1. The van der Waals surface area contributed by atoms with Crippen LogP contribution in [0.25, 0.3) is 0 Å². The van der Waals surface area contributed by atoms with Crippen molar-refractivity contribution in [1.82, 2.24) is 0 Å². The molecule has 1 aromatic rings. The van der Waals surface area contributed by atoms with E-state index in [9.17, 15) is 9.50 Å². The van der Waals surface area contributed by atoms with Gasteiger partial charge in [-0.05, 0) is 36.1 Å². The zero-order valence-electron chi connectivity index (χ0n) is 7.96. The molecule has 0 saturated heterocycles. The second-order valence-electron chi connectivity index (χ2n) is 4.02. The van der Waals surface area contributed by atoms with E-state index >= 15 is 0 Å². The quantitative estimate of drug-likeness (QED) is 0.702. The number of benzene rings is 1. The van der Waals surface area contributed by atoms with Gasteiger partial charge in [-0.15, -0.1) is 0 Å². The highest BCUT2D eigenvalue weighted by Crippen LogP contribution is 2.28. The van der Waals surface area contributed by atoms with Crippen LogP contribution in [0.5, 0.6) is 0 Å². The van der Waals surface area contributed by atoms with E-state index in [1.807, 2.05) is 0 Å². The Bertz CT molecular complexity index is 353. The molecule has 2 nitrogen and oxygen atoms in total. The lowest BCUT2D eigenvalue weighted by molar-refractivity contribution is 0.0353. The monoisotopic (exact) mass is 195 g/mol. The van der Waals surface area contributed by atoms with Gasteiger partial charge in [0.05, 0.1) is 5.60 Å². The summed E-state index contributed by atoms with van der Waals surface area (Å²) in [6, 6.07) is 4.75. The van der Waals surface area contributed by atoms with Crippen molar-refractivity contribution in [2.75, 3.05) is 6.54 Å². The highest BCUT2D eigenvalue weighted by Gasteiger charge is 2.30. The summed E-state index contributed by atoms with van der Waals surface area (Å²) in [6.07, 6.45) is 1.92. The molecular weight excluding hydrogens is 181 g/mol. The SMILES string of the molecule is NCC1(O)CCc2ccc(F)cc2C1. The molecule has 0 aromatic heterocycles. The fourth-order valence-corrected chi connectivity index (χ4v) is 1.99. The molecule has 2 rings (SSSR count). The molecule has 0 heterocycles. The Morgan fingerprint density at radius 3 is 2.93 bits per heavy atom. The molecule has 1 aromatic carbocycles. The molecule has 3 heteroatoms. The normalized spacial score (nSPS) is 25.9. The third kappa shape index (κ3) is 1.65. The number of aliphatic hydroxyl groups is 1. The molecule has 1 aliphatic carbocycles. The minimum atomic E-state index is -0.833. The van der Waals surface area contributed by atoms with Gasteiger partial charge >= 0.3 is 0 Å². The number of hydrogen-bond acceptors (Lipinski definition) is 2. The van der Waals surface area contributed by atoms with Crippen molar-refractivity contribution in [1.29, 1.82) is 0 Å². The molecule has 0 radical (unpaired) electrons. The number of hydrogen-bond donors (Lipinski definition) is 2. The molecule has 0 bridgehead atoms. The van der Waals surface area contributed by atoms with Crippen LogP contribution in [0, 0.1) is 5.82 Å². The zero-order chi connectivity index (χ0) is 10.2.